The van der Waals surface area contributed by atoms with Crippen molar-refractivity contribution in [1.82, 2.24) is 9.55 Å². The molecule has 130 valence electrons. The Kier molecular flexibility index (Phi) is 4.88. The van der Waals surface area contributed by atoms with Crippen LogP contribution in [-0.2, 0) is 11.3 Å². The third-order valence-corrected chi connectivity index (χ3v) is 6.54. The van der Waals surface area contributed by atoms with Gasteiger partial charge in [0.05, 0.1) is 17.4 Å². The Bertz CT molecular complexity index is 1150. The molecule has 1 aromatic carbocycles. The van der Waals surface area contributed by atoms with Gasteiger partial charge in [0, 0.05) is 19.4 Å². The van der Waals surface area contributed by atoms with Crippen molar-refractivity contribution in [1.29, 1.82) is 0 Å². The number of benzene rings is 1. The summed E-state index contributed by atoms with van der Waals surface area (Å²) in [7, 11) is 0. The van der Waals surface area contributed by atoms with Gasteiger partial charge in [0.1, 0.15) is 11.4 Å². The Morgan fingerprint density at radius 2 is 2.04 bits per heavy atom. The van der Waals surface area contributed by atoms with Crippen LogP contribution in [0.1, 0.15) is 0 Å². The molecule has 0 aliphatic rings. The van der Waals surface area contributed by atoms with Crippen LogP contribution in [0.4, 0.5) is 5.69 Å². The monoisotopic (exact) mass is 493 g/mol. The minimum Gasteiger partial charge on any atom is -0.324 e. The number of anilines is 1. The lowest BCUT2D eigenvalue weighted by Gasteiger charge is -2.09. The van der Waals surface area contributed by atoms with Gasteiger partial charge in [-0.15, -0.1) is 22.7 Å². The van der Waals surface area contributed by atoms with Crippen molar-refractivity contribution in [3.8, 4) is 10.4 Å². The predicted molar refractivity (Wildman–Crippen MR) is 115 cm³/mol. The fourth-order valence-corrected chi connectivity index (χ4v) is 4.84. The van der Waals surface area contributed by atoms with Crippen LogP contribution in [0, 0.1) is 3.57 Å². The Balaban J connectivity index is 1.66. The maximum Gasteiger partial charge on any atom is 0.263 e. The van der Waals surface area contributed by atoms with Gasteiger partial charge in [-0.05, 0) is 46.2 Å². The number of halogens is 1. The van der Waals surface area contributed by atoms with Crippen molar-refractivity contribution in [2.24, 2.45) is 0 Å². The molecule has 4 aromatic rings. The molecular formula is C18H12IN3O2S2. The highest BCUT2D eigenvalue weighted by Gasteiger charge is 2.15. The minimum atomic E-state index is -0.259. The number of thiophene rings is 2. The minimum absolute atomic E-state index is 0.0769. The van der Waals surface area contributed by atoms with E-state index in [-0.39, 0.29) is 18.0 Å². The zero-order valence-electron chi connectivity index (χ0n) is 13.3. The van der Waals surface area contributed by atoms with Gasteiger partial charge in [0.2, 0.25) is 5.91 Å². The molecule has 3 heterocycles. The van der Waals surface area contributed by atoms with Gasteiger partial charge in [-0.25, -0.2) is 4.98 Å². The Hall–Kier alpha value is -2.04. The van der Waals surface area contributed by atoms with Crippen LogP contribution in [0.25, 0.3) is 20.7 Å². The average molecular weight is 493 g/mol. The zero-order valence-corrected chi connectivity index (χ0v) is 17.1. The molecule has 5 nitrogen and oxygen atoms in total. The molecule has 0 unspecified atom stereocenters. The van der Waals surface area contributed by atoms with Crippen molar-refractivity contribution >= 4 is 67.1 Å². The molecule has 4 rings (SSSR count). The maximum absolute atomic E-state index is 12.9. The van der Waals surface area contributed by atoms with Crippen molar-refractivity contribution < 1.29 is 4.79 Å². The first-order valence-corrected chi connectivity index (χ1v) is 10.5. The third kappa shape index (κ3) is 3.31. The van der Waals surface area contributed by atoms with E-state index >= 15 is 0 Å². The Labute approximate surface area is 170 Å². The molecular weight excluding hydrogens is 481 g/mol. The lowest BCUT2D eigenvalue weighted by Crippen LogP contribution is -2.28. The molecule has 0 bridgehead atoms. The molecule has 1 N–H and O–H groups in total. The van der Waals surface area contributed by atoms with Crippen LogP contribution in [-0.4, -0.2) is 15.5 Å². The smallest absolute Gasteiger partial charge is 0.263 e. The summed E-state index contributed by atoms with van der Waals surface area (Å²) in [5.74, 6) is -0.259. The normalized spacial score (nSPS) is 11.0. The summed E-state index contributed by atoms with van der Waals surface area (Å²) in [5.41, 5.74) is 1.41. The molecule has 0 aliphatic heterocycles. The number of para-hydroxylation sites is 1. The summed E-state index contributed by atoms with van der Waals surface area (Å²) in [6.07, 6.45) is 1.44. The van der Waals surface area contributed by atoms with E-state index in [1.807, 2.05) is 47.2 Å². The van der Waals surface area contributed by atoms with Crippen molar-refractivity contribution in [3.63, 3.8) is 0 Å². The van der Waals surface area contributed by atoms with Crippen LogP contribution >= 0.6 is 45.3 Å². The number of amides is 1. The van der Waals surface area contributed by atoms with E-state index in [9.17, 15) is 9.59 Å². The molecule has 0 spiro atoms. The molecule has 0 saturated heterocycles. The zero-order chi connectivity index (χ0) is 18.1. The largest absolute Gasteiger partial charge is 0.324 e. The number of carbonyl (C=O) groups excluding carboxylic acids is 1. The van der Waals surface area contributed by atoms with Gasteiger partial charge >= 0.3 is 0 Å². The van der Waals surface area contributed by atoms with Crippen molar-refractivity contribution in [2.45, 2.75) is 6.54 Å². The molecule has 26 heavy (non-hydrogen) atoms. The van der Waals surface area contributed by atoms with Gasteiger partial charge in [-0.1, -0.05) is 18.2 Å². The predicted octanol–water partition coefficient (Wildman–Crippen LogP) is 4.43. The molecule has 0 saturated carbocycles. The van der Waals surface area contributed by atoms with E-state index in [0.29, 0.717) is 10.2 Å². The third-order valence-electron chi connectivity index (χ3n) is 3.81. The summed E-state index contributed by atoms with van der Waals surface area (Å²) in [4.78, 5) is 31.4. The number of rotatable bonds is 4. The maximum atomic E-state index is 12.9. The molecule has 1 amide bonds. The van der Waals surface area contributed by atoms with Crippen molar-refractivity contribution in [3.05, 3.63) is 67.4 Å². The molecule has 8 heteroatoms. The summed E-state index contributed by atoms with van der Waals surface area (Å²) in [6.45, 7) is -0.0769. The number of fused-ring (bicyclic) bond motifs is 1. The highest BCUT2D eigenvalue weighted by atomic mass is 127. The highest BCUT2D eigenvalue weighted by Crippen LogP contribution is 2.33. The molecule has 3 aromatic heterocycles. The summed E-state index contributed by atoms with van der Waals surface area (Å²) < 4.78 is 2.30. The number of carbonyl (C=O) groups is 1. The second kappa shape index (κ2) is 7.29. The average Bonchev–Trinajstić information content (AvgIpc) is 3.29. The SMILES string of the molecule is O=C(Cn1cnc2scc(-c3cccs3)c2c1=O)Nc1ccccc1I. The van der Waals surface area contributed by atoms with E-state index in [1.165, 1.54) is 22.2 Å². The van der Waals surface area contributed by atoms with Gasteiger partial charge in [-0.3, -0.25) is 14.2 Å². The number of nitrogens with one attached hydrogen (secondary N) is 1. The van der Waals surface area contributed by atoms with E-state index in [4.69, 9.17) is 0 Å². The quantitative estimate of drug-likeness (QED) is 0.428. The highest BCUT2D eigenvalue weighted by molar-refractivity contribution is 14.1. The fraction of sp³-hybridized carbons (Fsp3) is 0.0556. The first-order chi connectivity index (χ1) is 12.6. The number of nitrogens with zero attached hydrogens (tertiary/aromatic N) is 2. The van der Waals surface area contributed by atoms with E-state index < -0.39 is 0 Å². The van der Waals surface area contributed by atoms with Crippen LogP contribution < -0.4 is 10.9 Å². The van der Waals surface area contributed by atoms with Crippen molar-refractivity contribution in [2.75, 3.05) is 5.32 Å². The second-order valence-corrected chi connectivity index (χ2v) is 8.48. The number of hydrogen-bond donors (Lipinski definition) is 1. The van der Waals surface area contributed by atoms with Gasteiger partial charge in [0.15, 0.2) is 0 Å². The molecule has 0 radical (unpaired) electrons. The fourth-order valence-electron chi connectivity index (χ4n) is 2.60. The summed E-state index contributed by atoms with van der Waals surface area (Å²) in [6, 6.07) is 11.4. The molecule has 0 fully saturated rings. The first kappa shape index (κ1) is 17.4. The molecule has 0 atom stereocenters. The Morgan fingerprint density at radius 1 is 1.19 bits per heavy atom. The van der Waals surface area contributed by atoms with Crippen LogP contribution in [0.3, 0.4) is 0 Å². The lowest BCUT2D eigenvalue weighted by atomic mass is 10.2. The summed E-state index contributed by atoms with van der Waals surface area (Å²) in [5, 5.41) is 7.33. The van der Waals surface area contributed by atoms with Crippen LogP contribution in [0.5, 0.6) is 0 Å². The van der Waals surface area contributed by atoms with Crippen LogP contribution in [0.2, 0.25) is 0 Å². The number of hydrogen-bond acceptors (Lipinski definition) is 5. The summed E-state index contributed by atoms with van der Waals surface area (Å²) >= 11 is 5.18. The van der Waals surface area contributed by atoms with Crippen LogP contribution in [0.15, 0.2) is 58.3 Å². The lowest BCUT2D eigenvalue weighted by molar-refractivity contribution is -0.116. The standard InChI is InChI=1S/C18H12IN3O2S2/c19-12-4-1-2-5-13(12)21-15(23)8-22-10-20-17-16(18(22)24)11(9-26-17)14-6-3-7-25-14/h1-7,9-10H,8H2,(H,21,23). The first-order valence-electron chi connectivity index (χ1n) is 7.68. The van der Waals surface area contributed by atoms with E-state index in [1.54, 1.807) is 11.3 Å². The Morgan fingerprint density at radius 3 is 2.81 bits per heavy atom. The second-order valence-electron chi connectivity index (χ2n) is 5.51. The number of aromatic nitrogens is 2. The molecule has 0 aliphatic carbocycles. The van der Waals surface area contributed by atoms with E-state index in [0.717, 1.165) is 19.7 Å². The van der Waals surface area contributed by atoms with Gasteiger partial charge in [-0.2, -0.15) is 0 Å². The topological polar surface area (TPSA) is 64.0 Å². The van der Waals surface area contributed by atoms with Gasteiger partial charge < -0.3 is 5.32 Å². The van der Waals surface area contributed by atoms with E-state index in [2.05, 4.69) is 32.9 Å². The van der Waals surface area contributed by atoms with Gasteiger partial charge in [0.25, 0.3) is 5.56 Å².